The summed E-state index contributed by atoms with van der Waals surface area (Å²) in [4.78, 5) is 26.2. The molecule has 10 nitrogen and oxygen atoms in total. The Morgan fingerprint density at radius 2 is 2.03 bits per heavy atom. The number of nitro groups is 1. The SMILES string of the molecule is COc1cc(C(=O)NCCCCC(O)NO)ccc1Cc1c[nH]c2ccc([N+](=O)[O-])cc12. The molecule has 32 heavy (non-hydrogen) atoms. The molecule has 1 heterocycles. The van der Waals surface area contributed by atoms with Gasteiger partial charge in [0.05, 0.1) is 12.0 Å². The number of aromatic nitrogens is 1. The molecule has 1 atom stereocenters. The van der Waals surface area contributed by atoms with Gasteiger partial charge in [-0.1, -0.05) is 6.07 Å². The fourth-order valence-corrected chi connectivity index (χ4v) is 3.49. The molecule has 0 fully saturated rings. The van der Waals surface area contributed by atoms with Gasteiger partial charge in [-0.25, -0.2) is 0 Å². The van der Waals surface area contributed by atoms with E-state index in [2.05, 4.69) is 10.3 Å². The van der Waals surface area contributed by atoms with Crippen LogP contribution in [-0.2, 0) is 6.42 Å². The molecule has 0 saturated carbocycles. The van der Waals surface area contributed by atoms with Gasteiger partial charge in [0.25, 0.3) is 11.6 Å². The molecule has 0 radical (unpaired) electrons. The minimum absolute atomic E-state index is 0.0273. The van der Waals surface area contributed by atoms with Crippen molar-refractivity contribution in [1.29, 1.82) is 0 Å². The van der Waals surface area contributed by atoms with Crippen molar-refractivity contribution in [3.63, 3.8) is 0 Å². The van der Waals surface area contributed by atoms with Crippen LogP contribution >= 0.6 is 0 Å². The second-order valence-corrected chi connectivity index (χ2v) is 7.40. The Morgan fingerprint density at radius 1 is 1.22 bits per heavy atom. The summed E-state index contributed by atoms with van der Waals surface area (Å²) in [6.07, 6.45) is 3.01. The van der Waals surface area contributed by atoms with E-state index in [-0.39, 0.29) is 11.6 Å². The van der Waals surface area contributed by atoms with Gasteiger partial charge in [-0.05, 0) is 48.6 Å². The monoisotopic (exact) mass is 442 g/mol. The molecule has 1 amide bonds. The lowest BCUT2D eigenvalue weighted by Gasteiger charge is -2.11. The summed E-state index contributed by atoms with van der Waals surface area (Å²) in [5.74, 6) is 0.313. The first kappa shape index (κ1) is 23.2. The van der Waals surface area contributed by atoms with E-state index in [1.165, 1.54) is 13.2 Å². The number of nitro benzene ring substituents is 1. The summed E-state index contributed by atoms with van der Waals surface area (Å²) in [5, 5.41) is 32.5. The zero-order valence-corrected chi connectivity index (χ0v) is 17.6. The molecule has 0 aliphatic heterocycles. The molecule has 0 saturated heterocycles. The van der Waals surface area contributed by atoms with E-state index in [0.717, 1.165) is 22.0 Å². The van der Waals surface area contributed by atoms with Crippen LogP contribution in [0.25, 0.3) is 10.9 Å². The predicted octanol–water partition coefficient (Wildman–Crippen LogP) is 2.87. The third-order valence-electron chi connectivity index (χ3n) is 5.23. The maximum Gasteiger partial charge on any atom is 0.270 e. The van der Waals surface area contributed by atoms with Crippen molar-refractivity contribution in [2.24, 2.45) is 0 Å². The zero-order chi connectivity index (χ0) is 23.1. The number of carbonyl (C=O) groups excluding carboxylic acids is 1. The third kappa shape index (κ3) is 5.61. The van der Waals surface area contributed by atoms with E-state index in [9.17, 15) is 20.0 Å². The van der Waals surface area contributed by atoms with Crippen LogP contribution in [-0.4, -0.2) is 46.0 Å². The standard InChI is InChI=1S/C22H26N4O6/c1-32-20-11-15(22(28)23-9-3-2-4-21(27)25-29)6-5-14(20)10-16-13-24-19-8-7-17(26(30)31)12-18(16)19/h5-8,11-13,21,24-25,27,29H,2-4,9-10H2,1H3,(H,23,28). The number of fused-ring (bicyclic) bond motifs is 1. The Bertz CT molecular complexity index is 1100. The van der Waals surface area contributed by atoms with E-state index in [1.54, 1.807) is 29.7 Å². The number of benzene rings is 2. The number of hydrogen-bond donors (Lipinski definition) is 5. The first-order valence-corrected chi connectivity index (χ1v) is 10.2. The number of H-pyrrole nitrogens is 1. The van der Waals surface area contributed by atoms with Crippen LogP contribution < -0.4 is 15.5 Å². The Kier molecular flexibility index (Phi) is 7.77. The molecule has 3 rings (SSSR count). The molecule has 10 heteroatoms. The summed E-state index contributed by atoms with van der Waals surface area (Å²) in [6.45, 7) is 0.440. The van der Waals surface area contributed by atoms with Gasteiger partial charge in [-0.15, -0.1) is 0 Å². The van der Waals surface area contributed by atoms with E-state index in [1.807, 2.05) is 12.3 Å². The molecule has 0 aliphatic rings. The van der Waals surface area contributed by atoms with Crippen LogP contribution in [0.15, 0.2) is 42.6 Å². The predicted molar refractivity (Wildman–Crippen MR) is 118 cm³/mol. The molecular weight excluding hydrogens is 416 g/mol. The van der Waals surface area contributed by atoms with Crippen LogP contribution in [0, 0.1) is 10.1 Å². The molecule has 3 aromatic rings. The van der Waals surface area contributed by atoms with Gasteiger partial charge in [0, 0.05) is 47.8 Å². The number of unbranched alkanes of at least 4 members (excludes halogenated alkanes) is 1. The fraction of sp³-hybridized carbons (Fsp3) is 0.318. The quantitative estimate of drug-likeness (QED) is 0.133. The minimum atomic E-state index is -0.967. The summed E-state index contributed by atoms with van der Waals surface area (Å²) in [5.41, 5.74) is 4.79. The van der Waals surface area contributed by atoms with Crippen molar-refractivity contribution < 1.29 is 24.8 Å². The van der Waals surface area contributed by atoms with Crippen LogP contribution in [0.2, 0.25) is 0 Å². The van der Waals surface area contributed by atoms with Gasteiger partial charge in [0.2, 0.25) is 0 Å². The molecule has 1 aromatic heterocycles. The van der Waals surface area contributed by atoms with Gasteiger partial charge < -0.3 is 25.4 Å². The molecule has 0 bridgehead atoms. The van der Waals surface area contributed by atoms with Crippen molar-refractivity contribution in [3.8, 4) is 5.75 Å². The molecular formula is C22H26N4O6. The normalized spacial score (nSPS) is 12.0. The van der Waals surface area contributed by atoms with Gasteiger partial charge in [0.1, 0.15) is 12.0 Å². The number of aliphatic hydroxyl groups excluding tert-OH is 1. The van der Waals surface area contributed by atoms with Crippen LogP contribution in [0.4, 0.5) is 5.69 Å². The molecule has 2 aromatic carbocycles. The Hall–Kier alpha value is -3.47. The van der Waals surface area contributed by atoms with E-state index in [0.29, 0.717) is 43.5 Å². The number of aliphatic hydroxyl groups is 1. The number of non-ortho nitro benzene ring substituents is 1. The fourth-order valence-electron chi connectivity index (χ4n) is 3.49. The topological polar surface area (TPSA) is 150 Å². The number of amides is 1. The number of ether oxygens (including phenoxy) is 1. The summed E-state index contributed by atoms with van der Waals surface area (Å²) >= 11 is 0. The van der Waals surface area contributed by atoms with E-state index >= 15 is 0 Å². The zero-order valence-electron chi connectivity index (χ0n) is 17.6. The maximum absolute atomic E-state index is 12.4. The van der Waals surface area contributed by atoms with Crippen LogP contribution in [0.3, 0.4) is 0 Å². The molecule has 1 unspecified atom stereocenters. The number of hydrogen-bond acceptors (Lipinski definition) is 7. The molecule has 0 spiro atoms. The van der Waals surface area contributed by atoms with Crippen molar-refractivity contribution >= 4 is 22.5 Å². The Balaban J connectivity index is 1.68. The van der Waals surface area contributed by atoms with Crippen molar-refractivity contribution in [2.75, 3.05) is 13.7 Å². The first-order valence-electron chi connectivity index (χ1n) is 10.2. The lowest BCUT2D eigenvalue weighted by atomic mass is 10.0. The van der Waals surface area contributed by atoms with Gasteiger partial charge >= 0.3 is 0 Å². The number of rotatable bonds is 11. The summed E-state index contributed by atoms with van der Waals surface area (Å²) in [7, 11) is 1.53. The van der Waals surface area contributed by atoms with Gasteiger partial charge in [-0.2, -0.15) is 5.48 Å². The highest BCUT2D eigenvalue weighted by atomic mass is 16.6. The molecule has 170 valence electrons. The number of carbonyl (C=O) groups is 1. The summed E-state index contributed by atoms with van der Waals surface area (Å²) < 4.78 is 5.48. The first-order chi connectivity index (χ1) is 15.4. The highest BCUT2D eigenvalue weighted by molar-refractivity contribution is 5.94. The number of aromatic amines is 1. The lowest BCUT2D eigenvalue weighted by molar-refractivity contribution is -0.384. The smallest absolute Gasteiger partial charge is 0.270 e. The largest absolute Gasteiger partial charge is 0.496 e. The average Bonchev–Trinajstić information content (AvgIpc) is 3.20. The van der Waals surface area contributed by atoms with E-state index in [4.69, 9.17) is 9.94 Å². The van der Waals surface area contributed by atoms with Crippen molar-refractivity contribution in [2.45, 2.75) is 31.9 Å². The molecule has 0 aliphatic carbocycles. The van der Waals surface area contributed by atoms with Crippen LogP contribution in [0.1, 0.15) is 40.7 Å². The van der Waals surface area contributed by atoms with E-state index < -0.39 is 11.2 Å². The van der Waals surface area contributed by atoms with Crippen LogP contribution in [0.5, 0.6) is 5.75 Å². The van der Waals surface area contributed by atoms with Gasteiger partial charge in [-0.3, -0.25) is 14.9 Å². The second-order valence-electron chi connectivity index (χ2n) is 7.40. The average molecular weight is 442 g/mol. The maximum atomic E-state index is 12.4. The van der Waals surface area contributed by atoms with Gasteiger partial charge in [0.15, 0.2) is 0 Å². The number of nitrogens with zero attached hydrogens (tertiary/aromatic N) is 1. The third-order valence-corrected chi connectivity index (χ3v) is 5.23. The lowest BCUT2D eigenvalue weighted by Crippen LogP contribution is -2.26. The van der Waals surface area contributed by atoms with Crippen molar-refractivity contribution in [1.82, 2.24) is 15.8 Å². The summed E-state index contributed by atoms with van der Waals surface area (Å²) in [6, 6.07) is 9.88. The minimum Gasteiger partial charge on any atom is -0.496 e. The Morgan fingerprint density at radius 3 is 2.75 bits per heavy atom. The number of methoxy groups -OCH3 is 1. The number of hydroxylamine groups is 1. The number of nitrogens with one attached hydrogen (secondary N) is 3. The second kappa shape index (κ2) is 10.7. The molecule has 5 N–H and O–H groups in total. The highest BCUT2D eigenvalue weighted by Crippen LogP contribution is 2.29. The van der Waals surface area contributed by atoms with Crippen molar-refractivity contribution in [3.05, 3.63) is 69.4 Å². The Labute approximate surface area is 184 Å². The highest BCUT2D eigenvalue weighted by Gasteiger charge is 2.14.